The fraction of sp³-hybridized carbons (Fsp3) is 0.640. The van der Waals surface area contributed by atoms with Crippen LogP contribution in [0.25, 0.3) is 10.2 Å². The molecule has 2 aromatic heterocycles. The van der Waals surface area contributed by atoms with E-state index >= 15 is 0 Å². The summed E-state index contributed by atoms with van der Waals surface area (Å²) in [6, 6.07) is 0. The Morgan fingerprint density at radius 2 is 2.12 bits per heavy atom. The van der Waals surface area contributed by atoms with Crippen molar-refractivity contribution in [1.82, 2.24) is 20.2 Å². The van der Waals surface area contributed by atoms with Gasteiger partial charge in [-0.1, -0.05) is 12.2 Å². The monoisotopic (exact) mass is 467 g/mol. The van der Waals surface area contributed by atoms with E-state index in [1.165, 1.54) is 30.6 Å². The molecule has 2 saturated carbocycles. The molecule has 6 rings (SSSR count). The number of allylic oxidation sites excluding steroid dienone is 2. The third-order valence-corrected chi connectivity index (χ3v) is 9.55. The summed E-state index contributed by atoms with van der Waals surface area (Å²) in [5.74, 6) is 2.88. The van der Waals surface area contributed by atoms with Gasteiger partial charge >= 0.3 is 0 Å². The zero-order valence-corrected chi connectivity index (χ0v) is 20.1. The quantitative estimate of drug-likeness (QED) is 0.457. The van der Waals surface area contributed by atoms with E-state index in [0.717, 1.165) is 84.8 Å². The van der Waals surface area contributed by atoms with Crippen LogP contribution in [-0.2, 0) is 4.74 Å². The van der Waals surface area contributed by atoms with Crippen LogP contribution in [0.1, 0.15) is 40.9 Å². The van der Waals surface area contributed by atoms with E-state index in [4.69, 9.17) is 4.74 Å². The van der Waals surface area contributed by atoms with Crippen LogP contribution in [0, 0.1) is 30.1 Å². The Morgan fingerprint density at radius 1 is 1.27 bits per heavy atom. The normalized spacial score (nSPS) is 27.5. The molecule has 2 bridgehead atoms. The highest BCUT2D eigenvalue weighted by molar-refractivity contribution is 7.20. The number of ether oxygens (including phenoxy) is 1. The van der Waals surface area contributed by atoms with Crippen LogP contribution in [0.2, 0.25) is 0 Å². The van der Waals surface area contributed by atoms with Crippen molar-refractivity contribution >= 4 is 33.3 Å². The van der Waals surface area contributed by atoms with Crippen molar-refractivity contribution in [3.8, 4) is 0 Å². The zero-order valence-electron chi connectivity index (χ0n) is 19.3. The van der Waals surface area contributed by atoms with Crippen LogP contribution in [0.15, 0.2) is 18.5 Å². The Bertz CT molecular complexity index is 1070. The average molecular weight is 468 g/mol. The van der Waals surface area contributed by atoms with Gasteiger partial charge in [0.2, 0.25) is 0 Å². The Hall–Kier alpha value is -2.03. The van der Waals surface area contributed by atoms with Gasteiger partial charge in [0.1, 0.15) is 17.0 Å². The smallest absolute Gasteiger partial charge is 0.261 e. The molecule has 3 heterocycles. The van der Waals surface area contributed by atoms with Crippen molar-refractivity contribution in [1.29, 1.82) is 0 Å². The molecule has 8 heteroatoms. The lowest BCUT2D eigenvalue weighted by molar-refractivity contribution is 0.0378. The van der Waals surface area contributed by atoms with Gasteiger partial charge in [-0.05, 0) is 67.9 Å². The number of hydrogen-bond donors (Lipinski definition) is 2. The molecule has 0 aromatic carbocycles. The van der Waals surface area contributed by atoms with Crippen molar-refractivity contribution in [2.24, 2.45) is 23.2 Å². The highest BCUT2D eigenvalue weighted by atomic mass is 32.1. The highest BCUT2D eigenvalue weighted by Gasteiger charge is 2.62. The molecule has 2 aromatic rings. The Kier molecular flexibility index (Phi) is 5.63. The molecular weight excluding hydrogens is 434 g/mol. The summed E-state index contributed by atoms with van der Waals surface area (Å²) in [5, 5.41) is 7.73. The molecule has 1 aliphatic heterocycles. The number of aryl methyl sites for hydroxylation is 1. The van der Waals surface area contributed by atoms with Crippen LogP contribution in [-0.4, -0.2) is 66.7 Å². The number of amides is 1. The van der Waals surface area contributed by atoms with Crippen molar-refractivity contribution in [3.05, 3.63) is 28.9 Å². The molecule has 3 atom stereocenters. The molecular formula is C25H33N5O2S. The molecule has 2 N–H and O–H groups in total. The summed E-state index contributed by atoms with van der Waals surface area (Å²) in [4.78, 5) is 26.2. The fourth-order valence-corrected chi connectivity index (χ4v) is 7.48. The van der Waals surface area contributed by atoms with Gasteiger partial charge in [-0.15, -0.1) is 11.3 Å². The van der Waals surface area contributed by atoms with Gasteiger partial charge in [-0.2, -0.15) is 0 Å². The molecule has 4 aliphatic rings. The first-order valence-corrected chi connectivity index (χ1v) is 13.2. The molecule has 1 saturated heterocycles. The summed E-state index contributed by atoms with van der Waals surface area (Å²) >= 11 is 1.48. The van der Waals surface area contributed by atoms with Gasteiger partial charge in [-0.25, -0.2) is 9.97 Å². The maximum absolute atomic E-state index is 13.1. The molecule has 0 radical (unpaired) electrons. The van der Waals surface area contributed by atoms with Crippen molar-refractivity contribution in [3.63, 3.8) is 0 Å². The number of fused-ring (bicyclic) bond motifs is 1. The molecule has 1 spiro atoms. The van der Waals surface area contributed by atoms with E-state index in [2.05, 4.69) is 37.7 Å². The summed E-state index contributed by atoms with van der Waals surface area (Å²) in [6.07, 6.45) is 11.5. The molecule has 3 aliphatic carbocycles. The zero-order chi connectivity index (χ0) is 22.4. The number of anilines is 1. The SMILES string of the molecule is Cc1c(C(=O)NC[C@H]2C[C@H]3C=C[C@@H]2C32CC2)sc2ncnc(NCCCN3CCOCC3)c12. The minimum atomic E-state index is 0.0327. The lowest BCUT2D eigenvalue weighted by atomic mass is 9.89. The maximum Gasteiger partial charge on any atom is 0.261 e. The molecule has 7 nitrogen and oxygen atoms in total. The van der Waals surface area contributed by atoms with Gasteiger partial charge in [0.05, 0.1) is 23.5 Å². The Labute approximate surface area is 199 Å². The van der Waals surface area contributed by atoms with Gasteiger partial charge in [-0.3, -0.25) is 9.69 Å². The lowest BCUT2D eigenvalue weighted by Crippen LogP contribution is -2.37. The molecule has 3 fully saturated rings. The van der Waals surface area contributed by atoms with Crippen LogP contribution in [0.4, 0.5) is 5.82 Å². The number of morpholine rings is 1. The lowest BCUT2D eigenvalue weighted by Gasteiger charge is -2.26. The first kappa shape index (κ1) is 21.5. The minimum Gasteiger partial charge on any atom is -0.379 e. The molecule has 176 valence electrons. The largest absolute Gasteiger partial charge is 0.379 e. The standard InChI is InChI=1S/C25H33N5O2S/c1-16-20-22(26-7-2-8-30-9-11-32-12-10-30)28-15-29-24(20)33-21(16)23(31)27-14-17-13-18-3-4-19(17)25(18)5-6-25/h3-4,15,17-19H,2,5-14H2,1H3,(H,27,31)(H,26,28,29)/t17-,18-,19+/m1/s1. The molecule has 1 amide bonds. The van der Waals surface area contributed by atoms with E-state index in [1.54, 1.807) is 6.33 Å². The topological polar surface area (TPSA) is 79.4 Å². The fourth-order valence-electron chi connectivity index (χ4n) is 6.42. The average Bonchev–Trinajstić information content (AvgIpc) is 3.39. The summed E-state index contributed by atoms with van der Waals surface area (Å²) in [5.41, 5.74) is 1.55. The predicted octanol–water partition coefficient (Wildman–Crippen LogP) is 3.47. The summed E-state index contributed by atoms with van der Waals surface area (Å²) in [6.45, 7) is 8.39. The number of nitrogens with one attached hydrogen (secondary N) is 2. The second-order valence-electron chi connectivity index (χ2n) is 10.1. The number of nitrogens with zero attached hydrogens (tertiary/aromatic N) is 3. The van der Waals surface area contributed by atoms with E-state index in [-0.39, 0.29) is 5.91 Å². The molecule has 0 unspecified atom stereocenters. The van der Waals surface area contributed by atoms with Crippen LogP contribution in [0.5, 0.6) is 0 Å². The van der Waals surface area contributed by atoms with Crippen LogP contribution >= 0.6 is 11.3 Å². The van der Waals surface area contributed by atoms with Crippen LogP contribution < -0.4 is 10.6 Å². The van der Waals surface area contributed by atoms with Gasteiger partial charge in [0.15, 0.2) is 0 Å². The Morgan fingerprint density at radius 3 is 2.91 bits per heavy atom. The summed E-state index contributed by atoms with van der Waals surface area (Å²) in [7, 11) is 0. The third-order valence-electron chi connectivity index (χ3n) is 8.35. The number of aromatic nitrogens is 2. The Balaban J connectivity index is 1.08. The number of carbonyl (C=O) groups excluding carboxylic acids is 1. The van der Waals surface area contributed by atoms with E-state index in [1.807, 2.05) is 6.92 Å². The van der Waals surface area contributed by atoms with E-state index < -0.39 is 0 Å². The van der Waals surface area contributed by atoms with Crippen molar-refractivity contribution in [2.45, 2.75) is 32.6 Å². The van der Waals surface area contributed by atoms with E-state index in [0.29, 0.717) is 17.3 Å². The van der Waals surface area contributed by atoms with Crippen molar-refractivity contribution < 1.29 is 9.53 Å². The number of rotatable bonds is 8. The second-order valence-corrected chi connectivity index (χ2v) is 11.1. The summed E-state index contributed by atoms with van der Waals surface area (Å²) < 4.78 is 5.42. The second kappa shape index (κ2) is 8.64. The van der Waals surface area contributed by atoms with E-state index in [9.17, 15) is 4.79 Å². The predicted molar refractivity (Wildman–Crippen MR) is 131 cm³/mol. The van der Waals surface area contributed by atoms with Gasteiger partial charge in [0, 0.05) is 26.2 Å². The van der Waals surface area contributed by atoms with Gasteiger partial charge in [0.25, 0.3) is 5.91 Å². The third kappa shape index (κ3) is 3.86. The first-order valence-electron chi connectivity index (χ1n) is 12.4. The van der Waals surface area contributed by atoms with Crippen molar-refractivity contribution in [2.75, 3.05) is 51.3 Å². The first-order chi connectivity index (χ1) is 16.2. The highest BCUT2D eigenvalue weighted by Crippen LogP contribution is 2.69. The number of hydrogen-bond acceptors (Lipinski definition) is 7. The maximum atomic E-state index is 13.1. The minimum absolute atomic E-state index is 0.0327. The number of carbonyl (C=O) groups is 1. The number of thiophene rings is 1. The van der Waals surface area contributed by atoms with Gasteiger partial charge < -0.3 is 15.4 Å². The molecule has 33 heavy (non-hydrogen) atoms. The van der Waals surface area contributed by atoms with Crippen LogP contribution in [0.3, 0.4) is 0 Å².